The number of benzene rings is 2. The molecule has 0 radical (unpaired) electrons. The van der Waals surface area contributed by atoms with Gasteiger partial charge in [0.25, 0.3) is 10.0 Å². The molecule has 3 rings (SSSR count). The molecule has 0 aliphatic carbocycles. The Labute approximate surface area is 158 Å². The summed E-state index contributed by atoms with van der Waals surface area (Å²) in [5.41, 5.74) is 0.0111. The van der Waals surface area contributed by atoms with Crippen molar-refractivity contribution in [3.8, 4) is 0 Å². The summed E-state index contributed by atoms with van der Waals surface area (Å²) in [4.78, 5) is 14.8. The number of nitrogens with zero attached hydrogens (tertiary/aromatic N) is 2. The second-order valence-electron chi connectivity index (χ2n) is 5.25. The van der Waals surface area contributed by atoms with Crippen molar-refractivity contribution in [2.75, 3.05) is 4.72 Å². The normalized spacial score (nSPS) is 11.1. The first-order chi connectivity index (χ1) is 12.9. The first kappa shape index (κ1) is 18.8. The van der Waals surface area contributed by atoms with Gasteiger partial charge in [-0.2, -0.15) is 0 Å². The number of nitro groups is 1. The number of hydrogen-bond donors (Lipinski definition) is 1. The van der Waals surface area contributed by atoms with Crippen molar-refractivity contribution in [2.45, 2.75) is 14.8 Å². The van der Waals surface area contributed by atoms with Gasteiger partial charge in [-0.1, -0.05) is 30.0 Å². The van der Waals surface area contributed by atoms with E-state index in [9.17, 15) is 22.9 Å². The minimum atomic E-state index is -4.03. The van der Waals surface area contributed by atoms with Crippen LogP contribution in [0, 0.1) is 15.9 Å². The summed E-state index contributed by atoms with van der Waals surface area (Å²) < 4.78 is 40.8. The monoisotopic (exact) mass is 405 g/mol. The van der Waals surface area contributed by atoms with Crippen molar-refractivity contribution in [3.63, 3.8) is 0 Å². The molecule has 3 aromatic rings. The third-order valence-corrected chi connectivity index (χ3v) is 5.84. The van der Waals surface area contributed by atoms with Crippen molar-refractivity contribution in [1.82, 2.24) is 4.98 Å². The predicted molar refractivity (Wildman–Crippen MR) is 98.7 cm³/mol. The number of hydrogen-bond acceptors (Lipinski definition) is 6. The van der Waals surface area contributed by atoms with Gasteiger partial charge in [0.15, 0.2) is 5.03 Å². The van der Waals surface area contributed by atoms with Gasteiger partial charge in [0.1, 0.15) is 5.82 Å². The van der Waals surface area contributed by atoms with Gasteiger partial charge in [0, 0.05) is 17.2 Å². The first-order valence-corrected chi connectivity index (χ1v) is 9.81. The number of pyridine rings is 1. The van der Waals surface area contributed by atoms with Crippen LogP contribution in [0.15, 0.2) is 81.7 Å². The molecule has 0 saturated carbocycles. The van der Waals surface area contributed by atoms with Gasteiger partial charge in [-0.25, -0.2) is 17.8 Å². The molecule has 0 fully saturated rings. The molecule has 1 N–H and O–H groups in total. The maximum absolute atomic E-state index is 13.4. The lowest BCUT2D eigenvalue weighted by molar-refractivity contribution is -0.388. The van der Waals surface area contributed by atoms with Crippen LogP contribution in [-0.4, -0.2) is 18.3 Å². The summed E-state index contributed by atoms with van der Waals surface area (Å²) >= 11 is 0.954. The van der Waals surface area contributed by atoms with E-state index in [2.05, 4.69) is 9.71 Å². The van der Waals surface area contributed by atoms with E-state index in [1.54, 1.807) is 18.2 Å². The smallest absolute Gasteiger partial charge is 0.278 e. The van der Waals surface area contributed by atoms with Crippen molar-refractivity contribution >= 4 is 33.2 Å². The average Bonchev–Trinajstić information content (AvgIpc) is 2.63. The SMILES string of the molecule is O=[N+]([O-])c1cccnc1Sc1ccccc1NS(=O)(=O)c1cccc(F)c1. The van der Waals surface area contributed by atoms with Crippen molar-refractivity contribution in [1.29, 1.82) is 0 Å². The third kappa shape index (κ3) is 4.41. The Balaban J connectivity index is 1.95. The third-order valence-electron chi connectivity index (χ3n) is 3.39. The Hall–Kier alpha value is -2.98. The maximum Gasteiger partial charge on any atom is 0.301 e. The fraction of sp³-hybridized carbons (Fsp3) is 0. The summed E-state index contributed by atoms with van der Waals surface area (Å²) in [5.74, 6) is -0.676. The van der Waals surface area contributed by atoms with Gasteiger partial charge >= 0.3 is 5.69 Å². The van der Waals surface area contributed by atoms with Crippen LogP contribution in [-0.2, 0) is 10.0 Å². The predicted octanol–water partition coefficient (Wildman–Crippen LogP) is 4.08. The van der Waals surface area contributed by atoms with Gasteiger partial charge < -0.3 is 0 Å². The highest BCUT2D eigenvalue weighted by Crippen LogP contribution is 2.37. The molecule has 0 aliphatic rings. The van der Waals surface area contributed by atoms with E-state index in [-0.39, 0.29) is 21.3 Å². The molecule has 0 saturated heterocycles. The second kappa shape index (κ2) is 7.72. The second-order valence-corrected chi connectivity index (χ2v) is 7.96. The lowest BCUT2D eigenvalue weighted by atomic mass is 10.3. The number of para-hydroxylation sites is 1. The molecule has 1 aromatic heterocycles. The summed E-state index contributed by atoms with van der Waals surface area (Å²) in [6.07, 6.45) is 1.41. The highest BCUT2D eigenvalue weighted by molar-refractivity contribution is 7.99. The molecule has 0 aliphatic heterocycles. The van der Waals surface area contributed by atoms with Crippen molar-refractivity contribution < 1.29 is 17.7 Å². The molecule has 0 unspecified atom stereocenters. The number of nitrogens with one attached hydrogen (secondary N) is 1. The maximum atomic E-state index is 13.4. The van der Waals surface area contributed by atoms with Crippen molar-refractivity contribution in [3.05, 3.63) is 82.8 Å². The summed E-state index contributed by atoms with van der Waals surface area (Å²) in [6.45, 7) is 0. The topological polar surface area (TPSA) is 102 Å². The zero-order valence-corrected chi connectivity index (χ0v) is 15.2. The van der Waals surface area contributed by atoms with Crippen LogP contribution in [0.1, 0.15) is 0 Å². The molecule has 0 amide bonds. The lowest BCUT2D eigenvalue weighted by Gasteiger charge is -2.12. The van der Waals surface area contributed by atoms with E-state index in [1.165, 1.54) is 36.5 Å². The van der Waals surface area contributed by atoms with E-state index in [0.717, 1.165) is 23.9 Å². The highest BCUT2D eigenvalue weighted by atomic mass is 32.2. The quantitative estimate of drug-likeness (QED) is 0.490. The van der Waals surface area contributed by atoms with Gasteiger partial charge in [-0.05, 0) is 36.4 Å². The molecule has 7 nitrogen and oxygen atoms in total. The first-order valence-electron chi connectivity index (χ1n) is 7.51. The van der Waals surface area contributed by atoms with Crippen LogP contribution < -0.4 is 4.72 Å². The molecular weight excluding hydrogens is 393 g/mol. The molecule has 10 heteroatoms. The zero-order chi connectivity index (χ0) is 19.4. The van der Waals surface area contributed by atoms with Crippen LogP contribution in [0.2, 0.25) is 0 Å². The number of halogens is 1. The van der Waals surface area contributed by atoms with Gasteiger partial charge in [-0.3, -0.25) is 14.8 Å². The Morgan fingerprint density at radius 1 is 1.07 bits per heavy atom. The standard InChI is InChI=1S/C17H12FN3O4S2/c18-12-5-3-6-13(11-12)27(24,25)20-14-7-1-2-9-16(14)26-17-15(21(22)23)8-4-10-19-17/h1-11,20H. The van der Waals surface area contributed by atoms with Crippen LogP contribution in [0.5, 0.6) is 0 Å². The van der Waals surface area contributed by atoms with E-state index in [1.807, 2.05) is 0 Å². The van der Waals surface area contributed by atoms with Crippen LogP contribution in [0.4, 0.5) is 15.8 Å². The Kier molecular flexibility index (Phi) is 5.38. The zero-order valence-electron chi connectivity index (χ0n) is 13.6. The molecular formula is C17H12FN3O4S2. The van der Waals surface area contributed by atoms with Crippen LogP contribution in [0.3, 0.4) is 0 Å². The van der Waals surface area contributed by atoms with Crippen LogP contribution >= 0.6 is 11.8 Å². The fourth-order valence-corrected chi connectivity index (χ4v) is 4.30. The van der Waals surface area contributed by atoms with E-state index >= 15 is 0 Å². The molecule has 0 bridgehead atoms. The Morgan fingerprint density at radius 3 is 2.59 bits per heavy atom. The van der Waals surface area contributed by atoms with Gasteiger partial charge in [-0.15, -0.1) is 0 Å². The molecule has 0 atom stereocenters. The minimum absolute atomic E-state index is 0.125. The van der Waals surface area contributed by atoms with Crippen molar-refractivity contribution in [2.24, 2.45) is 0 Å². The summed E-state index contributed by atoms with van der Waals surface area (Å²) in [6, 6.07) is 13.8. The Bertz CT molecular complexity index is 1110. The summed E-state index contributed by atoms with van der Waals surface area (Å²) in [5, 5.41) is 11.3. The number of aromatic nitrogens is 1. The van der Waals surface area contributed by atoms with E-state index in [4.69, 9.17) is 0 Å². The van der Waals surface area contributed by atoms with Crippen LogP contribution in [0.25, 0.3) is 0 Å². The number of sulfonamides is 1. The van der Waals surface area contributed by atoms with E-state index < -0.39 is 20.8 Å². The number of rotatable bonds is 6. The summed E-state index contributed by atoms with van der Waals surface area (Å²) in [7, 11) is -4.03. The molecule has 0 spiro atoms. The average molecular weight is 405 g/mol. The number of anilines is 1. The highest BCUT2D eigenvalue weighted by Gasteiger charge is 2.20. The minimum Gasteiger partial charge on any atom is -0.278 e. The van der Waals surface area contributed by atoms with Gasteiger partial charge in [0.2, 0.25) is 0 Å². The fourth-order valence-electron chi connectivity index (χ4n) is 2.18. The Morgan fingerprint density at radius 2 is 1.85 bits per heavy atom. The molecule has 138 valence electrons. The molecule has 2 aromatic carbocycles. The molecule has 27 heavy (non-hydrogen) atoms. The van der Waals surface area contributed by atoms with E-state index in [0.29, 0.717) is 4.90 Å². The lowest BCUT2D eigenvalue weighted by Crippen LogP contribution is -2.13. The largest absolute Gasteiger partial charge is 0.301 e. The molecule has 1 heterocycles. The van der Waals surface area contributed by atoms with Gasteiger partial charge in [0.05, 0.1) is 15.5 Å².